The highest BCUT2D eigenvalue weighted by Crippen LogP contribution is 2.41. The van der Waals surface area contributed by atoms with E-state index in [0.29, 0.717) is 30.3 Å². The molecule has 3 unspecified atom stereocenters. The van der Waals surface area contributed by atoms with E-state index in [1.807, 2.05) is 0 Å². The Hall–Kier alpha value is -0.830. The molecule has 1 saturated carbocycles. The number of ether oxygens (including phenoxy) is 2. The summed E-state index contributed by atoms with van der Waals surface area (Å²) in [5, 5.41) is 0. The number of epoxide rings is 1. The number of esters is 1. The summed E-state index contributed by atoms with van der Waals surface area (Å²) in [6, 6.07) is 0. The van der Waals surface area contributed by atoms with Crippen molar-refractivity contribution in [1.29, 1.82) is 0 Å². The maximum absolute atomic E-state index is 11.8. The normalized spacial score (nSPS) is 28.6. The predicted molar refractivity (Wildman–Crippen MR) is 74.9 cm³/mol. The van der Waals surface area contributed by atoms with Gasteiger partial charge < -0.3 is 9.47 Å². The molecule has 19 heavy (non-hydrogen) atoms. The first-order valence-electron chi connectivity index (χ1n) is 7.71. The van der Waals surface area contributed by atoms with Crippen LogP contribution in [0.2, 0.25) is 0 Å². The first-order chi connectivity index (χ1) is 9.20. The molecule has 0 aromatic carbocycles. The van der Waals surface area contributed by atoms with Crippen molar-refractivity contribution in [2.75, 3.05) is 6.61 Å². The largest absolute Gasteiger partial charge is 0.462 e. The second-order valence-corrected chi connectivity index (χ2v) is 5.90. The van der Waals surface area contributed by atoms with Gasteiger partial charge in [-0.2, -0.15) is 0 Å². The molecule has 1 aliphatic heterocycles. The zero-order chi connectivity index (χ0) is 13.7. The summed E-state index contributed by atoms with van der Waals surface area (Å²) < 4.78 is 10.8. The van der Waals surface area contributed by atoms with Crippen molar-refractivity contribution in [3.63, 3.8) is 0 Å². The van der Waals surface area contributed by atoms with Crippen LogP contribution in [-0.2, 0) is 14.3 Å². The van der Waals surface area contributed by atoms with E-state index in [1.54, 1.807) is 0 Å². The van der Waals surface area contributed by atoms with Gasteiger partial charge in [0, 0.05) is 5.57 Å². The lowest BCUT2D eigenvalue weighted by atomic mass is 9.85. The van der Waals surface area contributed by atoms with E-state index in [2.05, 4.69) is 13.5 Å². The summed E-state index contributed by atoms with van der Waals surface area (Å²) in [5.41, 5.74) is 0.639. The third-order valence-corrected chi connectivity index (χ3v) is 4.17. The topological polar surface area (TPSA) is 38.8 Å². The van der Waals surface area contributed by atoms with Crippen LogP contribution in [0.4, 0.5) is 0 Å². The van der Waals surface area contributed by atoms with Gasteiger partial charge in [0.1, 0.15) is 0 Å². The van der Waals surface area contributed by atoms with E-state index in [-0.39, 0.29) is 5.97 Å². The van der Waals surface area contributed by atoms with Crippen LogP contribution >= 0.6 is 0 Å². The lowest BCUT2D eigenvalue weighted by Crippen LogP contribution is -2.17. The minimum Gasteiger partial charge on any atom is -0.462 e. The number of fused-ring (bicyclic) bond motifs is 1. The monoisotopic (exact) mass is 266 g/mol. The number of carbonyl (C=O) groups is 1. The molecule has 0 aromatic rings. The number of rotatable bonds is 8. The van der Waals surface area contributed by atoms with Crippen molar-refractivity contribution in [2.24, 2.45) is 5.92 Å². The Labute approximate surface area is 116 Å². The smallest absolute Gasteiger partial charge is 0.333 e. The highest BCUT2D eigenvalue weighted by atomic mass is 16.6. The second-order valence-electron chi connectivity index (χ2n) is 5.90. The Morgan fingerprint density at radius 1 is 1.26 bits per heavy atom. The fourth-order valence-corrected chi connectivity index (χ4v) is 2.90. The molecule has 0 N–H and O–H groups in total. The van der Waals surface area contributed by atoms with Crippen molar-refractivity contribution in [3.05, 3.63) is 12.2 Å². The summed E-state index contributed by atoms with van der Waals surface area (Å²) >= 11 is 0. The molecular weight excluding hydrogens is 240 g/mol. The van der Waals surface area contributed by atoms with Gasteiger partial charge in [0.2, 0.25) is 0 Å². The molecule has 108 valence electrons. The van der Waals surface area contributed by atoms with E-state index in [0.717, 1.165) is 38.5 Å². The second kappa shape index (κ2) is 7.09. The van der Waals surface area contributed by atoms with Crippen LogP contribution in [0.25, 0.3) is 0 Å². The molecule has 2 fully saturated rings. The molecule has 2 rings (SSSR count). The van der Waals surface area contributed by atoms with Gasteiger partial charge in [-0.05, 0) is 38.0 Å². The maximum Gasteiger partial charge on any atom is 0.333 e. The van der Waals surface area contributed by atoms with E-state index in [9.17, 15) is 4.79 Å². The Balaban J connectivity index is 1.58. The Kier molecular flexibility index (Phi) is 5.44. The minimum atomic E-state index is -0.199. The average Bonchev–Trinajstić information content (AvgIpc) is 3.16. The molecule has 1 aliphatic carbocycles. The third kappa shape index (κ3) is 4.64. The van der Waals surface area contributed by atoms with Gasteiger partial charge in [-0.25, -0.2) is 4.79 Å². The summed E-state index contributed by atoms with van der Waals surface area (Å²) in [6.45, 7) is 6.60. The third-order valence-electron chi connectivity index (χ3n) is 4.17. The molecule has 0 aromatic heterocycles. The predicted octanol–water partition coefficient (Wildman–Crippen LogP) is 3.62. The fraction of sp³-hybridized carbons (Fsp3) is 0.812. The summed E-state index contributed by atoms with van der Waals surface area (Å²) in [4.78, 5) is 11.8. The van der Waals surface area contributed by atoms with Crippen LogP contribution in [0.15, 0.2) is 12.2 Å². The van der Waals surface area contributed by atoms with Crippen molar-refractivity contribution >= 4 is 5.97 Å². The van der Waals surface area contributed by atoms with Crippen molar-refractivity contribution in [1.82, 2.24) is 0 Å². The van der Waals surface area contributed by atoms with Crippen molar-refractivity contribution in [2.45, 2.75) is 70.5 Å². The van der Waals surface area contributed by atoms with Gasteiger partial charge in [0.15, 0.2) is 0 Å². The zero-order valence-electron chi connectivity index (χ0n) is 12.0. The van der Waals surface area contributed by atoms with Crippen LogP contribution in [0, 0.1) is 5.92 Å². The van der Waals surface area contributed by atoms with Crippen LogP contribution in [0.3, 0.4) is 0 Å². The molecular formula is C16H26O3. The van der Waals surface area contributed by atoms with Gasteiger partial charge in [0.25, 0.3) is 0 Å². The van der Waals surface area contributed by atoms with Crippen LogP contribution in [-0.4, -0.2) is 24.8 Å². The average molecular weight is 266 g/mol. The standard InChI is InChI=1S/C16H26O3/c1-3-4-5-6-9-18-16(17)12(2)10-13-7-8-14-15(11-13)19-14/h13-15H,2-11H2,1H3. The highest BCUT2D eigenvalue weighted by molar-refractivity contribution is 5.87. The lowest BCUT2D eigenvalue weighted by Gasteiger charge is -2.19. The van der Waals surface area contributed by atoms with Crippen LogP contribution in [0.1, 0.15) is 58.3 Å². The zero-order valence-corrected chi connectivity index (χ0v) is 12.0. The van der Waals surface area contributed by atoms with E-state index < -0.39 is 0 Å². The van der Waals surface area contributed by atoms with Crippen LogP contribution < -0.4 is 0 Å². The molecule has 0 spiro atoms. The fourth-order valence-electron chi connectivity index (χ4n) is 2.90. The lowest BCUT2D eigenvalue weighted by molar-refractivity contribution is -0.139. The maximum atomic E-state index is 11.8. The first kappa shape index (κ1) is 14.6. The molecule has 1 heterocycles. The number of hydrogen-bond donors (Lipinski definition) is 0. The molecule has 0 radical (unpaired) electrons. The Morgan fingerprint density at radius 2 is 2.11 bits per heavy atom. The summed E-state index contributed by atoms with van der Waals surface area (Å²) in [6.07, 6.45) is 9.68. The van der Waals surface area contributed by atoms with Gasteiger partial charge in [-0.15, -0.1) is 0 Å². The number of hydrogen-bond acceptors (Lipinski definition) is 3. The molecule has 3 nitrogen and oxygen atoms in total. The van der Waals surface area contributed by atoms with Gasteiger partial charge in [-0.3, -0.25) is 0 Å². The minimum absolute atomic E-state index is 0.199. The molecule has 0 bridgehead atoms. The molecule has 0 amide bonds. The number of unbranched alkanes of at least 4 members (excludes halogenated alkanes) is 3. The van der Waals surface area contributed by atoms with Gasteiger partial charge in [-0.1, -0.05) is 32.8 Å². The van der Waals surface area contributed by atoms with Crippen LogP contribution in [0.5, 0.6) is 0 Å². The molecule has 2 aliphatic rings. The first-order valence-corrected chi connectivity index (χ1v) is 7.71. The number of carbonyl (C=O) groups excluding carboxylic acids is 1. The van der Waals surface area contributed by atoms with Crippen molar-refractivity contribution in [3.8, 4) is 0 Å². The highest BCUT2D eigenvalue weighted by Gasteiger charge is 2.43. The van der Waals surface area contributed by atoms with E-state index in [4.69, 9.17) is 9.47 Å². The summed E-state index contributed by atoms with van der Waals surface area (Å²) in [5.74, 6) is 0.360. The quantitative estimate of drug-likeness (QED) is 0.291. The van der Waals surface area contributed by atoms with Crippen molar-refractivity contribution < 1.29 is 14.3 Å². The van der Waals surface area contributed by atoms with Gasteiger partial charge >= 0.3 is 5.97 Å². The Bertz CT molecular complexity index is 324. The Morgan fingerprint density at radius 3 is 2.84 bits per heavy atom. The molecule has 3 atom stereocenters. The van der Waals surface area contributed by atoms with Gasteiger partial charge in [0.05, 0.1) is 18.8 Å². The molecule has 1 saturated heterocycles. The summed E-state index contributed by atoms with van der Waals surface area (Å²) in [7, 11) is 0. The van der Waals surface area contributed by atoms with E-state index in [1.165, 1.54) is 12.8 Å². The SMILES string of the molecule is C=C(CC1CCC2OC2C1)C(=O)OCCCCCC. The van der Waals surface area contributed by atoms with E-state index >= 15 is 0 Å². The molecule has 3 heteroatoms.